The highest BCUT2D eigenvalue weighted by molar-refractivity contribution is 5.93. The molecule has 272 valence electrons. The van der Waals surface area contributed by atoms with Crippen molar-refractivity contribution >= 4 is 29.1 Å². The Morgan fingerprint density at radius 2 is 1.63 bits per heavy atom. The van der Waals surface area contributed by atoms with Crippen LogP contribution in [0.25, 0.3) is 0 Å². The molecule has 3 aliphatic rings. The van der Waals surface area contributed by atoms with E-state index in [2.05, 4.69) is 44.8 Å². The van der Waals surface area contributed by atoms with Crippen molar-refractivity contribution in [2.75, 3.05) is 43.1 Å². The number of ether oxygens (including phenoxy) is 2. The van der Waals surface area contributed by atoms with E-state index in [0.29, 0.717) is 31.9 Å². The van der Waals surface area contributed by atoms with E-state index in [0.717, 1.165) is 67.6 Å². The first kappa shape index (κ1) is 36.5. The van der Waals surface area contributed by atoms with Crippen LogP contribution in [-0.4, -0.2) is 72.2 Å². The summed E-state index contributed by atoms with van der Waals surface area (Å²) in [7, 11) is 0. The van der Waals surface area contributed by atoms with E-state index in [1.54, 1.807) is 0 Å². The lowest BCUT2D eigenvalue weighted by Crippen LogP contribution is -2.57. The third kappa shape index (κ3) is 8.78. The van der Waals surface area contributed by atoms with E-state index in [4.69, 9.17) is 9.47 Å². The number of carbonyl (C=O) groups excluding carboxylic acids is 3. The summed E-state index contributed by atoms with van der Waals surface area (Å²) in [5.74, 6) is 0.0538. The second-order valence-electron chi connectivity index (χ2n) is 14.0. The molecular formula is C40H51N5O6. The largest absolute Gasteiger partial charge is 0.392 e. The molecule has 0 radical (unpaired) electrons. The van der Waals surface area contributed by atoms with Gasteiger partial charge in [-0.05, 0) is 61.1 Å². The summed E-state index contributed by atoms with van der Waals surface area (Å²) in [6.45, 7) is 7.04. The van der Waals surface area contributed by atoms with Gasteiger partial charge >= 0.3 is 0 Å². The Morgan fingerprint density at radius 1 is 0.922 bits per heavy atom. The van der Waals surface area contributed by atoms with Gasteiger partial charge in [-0.2, -0.15) is 0 Å². The van der Waals surface area contributed by atoms with Crippen LogP contribution in [0.15, 0.2) is 78.9 Å². The van der Waals surface area contributed by atoms with E-state index >= 15 is 0 Å². The molecule has 1 spiro atoms. The van der Waals surface area contributed by atoms with Crippen LogP contribution in [-0.2, 0) is 30.5 Å². The minimum Gasteiger partial charge on any atom is -0.392 e. The fourth-order valence-electron chi connectivity index (χ4n) is 7.52. The molecule has 0 bridgehead atoms. The molecular weight excluding hydrogens is 646 g/mol. The van der Waals surface area contributed by atoms with Crippen LogP contribution in [0, 0.1) is 5.92 Å². The quantitative estimate of drug-likeness (QED) is 0.183. The Kier molecular flexibility index (Phi) is 12.0. The molecule has 6 rings (SSSR count). The fraction of sp³-hybridized carbons (Fsp3) is 0.475. The summed E-state index contributed by atoms with van der Waals surface area (Å²) in [5.41, 5.74) is 3.95. The molecule has 0 aliphatic carbocycles. The average molecular weight is 698 g/mol. The summed E-state index contributed by atoms with van der Waals surface area (Å²) in [6, 6.07) is 25.7. The summed E-state index contributed by atoms with van der Waals surface area (Å²) < 4.78 is 13.4. The van der Waals surface area contributed by atoms with E-state index < -0.39 is 11.8 Å². The van der Waals surface area contributed by atoms with Gasteiger partial charge in [-0.25, -0.2) is 0 Å². The predicted molar refractivity (Wildman–Crippen MR) is 196 cm³/mol. The van der Waals surface area contributed by atoms with Gasteiger partial charge in [0.05, 0.1) is 25.5 Å². The number of amides is 3. The van der Waals surface area contributed by atoms with Crippen molar-refractivity contribution in [2.24, 2.45) is 5.92 Å². The van der Waals surface area contributed by atoms with Crippen molar-refractivity contribution in [2.45, 2.75) is 83.0 Å². The van der Waals surface area contributed by atoms with Crippen molar-refractivity contribution < 1.29 is 29.0 Å². The predicted octanol–water partition coefficient (Wildman–Crippen LogP) is 5.03. The smallest absolute Gasteiger partial charge is 0.247 e. The molecule has 3 aromatic rings. The zero-order valence-electron chi connectivity index (χ0n) is 29.7. The first-order valence-electron chi connectivity index (χ1n) is 18.2. The summed E-state index contributed by atoms with van der Waals surface area (Å²) in [4.78, 5) is 41.5. The van der Waals surface area contributed by atoms with Crippen LogP contribution in [0.1, 0.15) is 81.5 Å². The maximum absolute atomic E-state index is 13.2. The van der Waals surface area contributed by atoms with Gasteiger partial charge in [0.2, 0.25) is 17.7 Å². The molecule has 3 aromatic carbocycles. The molecule has 4 N–H and O–H groups in total. The molecule has 51 heavy (non-hydrogen) atoms. The molecule has 3 aliphatic heterocycles. The van der Waals surface area contributed by atoms with E-state index in [1.165, 1.54) is 6.92 Å². The Balaban J connectivity index is 1.11. The standard InChI is InChI=1S/C40H51N5O6/c1-28-35(25-44-23-20-40(21-24-44)39(49)42-27-45(40)34-9-5-3-6-10-34)50-38(51-37(28)31-14-12-30(26-46)13-15-31)32-16-18-33(19-17-32)43-36(48)11-7-4-8-22-41-29(2)47/h3,5-6,9-10,12-19,28,35,37-38,46H,4,7-8,11,20-27H2,1-2H3,(H,41,47)(H,42,49)(H,43,48). The van der Waals surface area contributed by atoms with Gasteiger partial charge in [0, 0.05) is 62.4 Å². The number of para-hydroxylation sites is 1. The van der Waals surface area contributed by atoms with E-state index in [1.807, 2.05) is 66.7 Å². The van der Waals surface area contributed by atoms with Gasteiger partial charge in [0.25, 0.3) is 0 Å². The molecule has 0 saturated carbocycles. The van der Waals surface area contributed by atoms with Crippen LogP contribution in [0.3, 0.4) is 0 Å². The third-order valence-corrected chi connectivity index (χ3v) is 10.6. The zero-order valence-corrected chi connectivity index (χ0v) is 29.7. The molecule has 3 amide bonds. The number of likely N-dealkylation sites (tertiary alicyclic amines) is 1. The van der Waals surface area contributed by atoms with Gasteiger partial charge in [-0.3, -0.25) is 14.4 Å². The number of piperidine rings is 1. The van der Waals surface area contributed by atoms with Crippen LogP contribution in [0.2, 0.25) is 0 Å². The van der Waals surface area contributed by atoms with Crippen molar-refractivity contribution in [3.05, 3.63) is 95.6 Å². The first-order valence-corrected chi connectivity index (χ1v) is 18.2. The topological polar surface area (TPSA) is 132 Å². The second-order valence-corrected chi connectivity index (χ2v) is 14.0. The summed E-state index contributed by atoms with van der Waals surface area (Å²) in [6.07, 6.45) is 3.33. The Hall–Kier alpha value is -4.29. The minimum absolute atomic E-state index is 0.0205. The molecule has 3 fully saturated rings. The maximum atomic E-state index is 13.2. The highest BCUT2D eigenvalue weighted by Gasteiger charge is 2.51. The monoisotopic (exact) mass is 697 g/mol. The first-order chi connectivity index (χ1) is 24.8. The van der Waals surface area contributed by atoms with Gasteiger partial charge in [-0.15, -0.1) is 0 Å². The lowest BCUT2D eigenvalue weighted by atomic mass is 9.84. The number of anilines is 2. The number of hydrogen-bond donors (Lipinski definition) is 4. The van der Waals surface area contributed by atoms with E-state index in [-0.39, 0.29) is 42.5 Å². The number of aliphatic hydroxyl groups is 1. The Morgan fingerprint density at radius 3 is 2.31 bits per heavy atom. The molecule has 4 unspecified atom stereocenters. The van der Waals surface area contributed by atoms with Gasteiger partial charge in [-0.1, -0.05) is 67.9 Å². The highest BCUT2D eigenvalue weighted by Crippen LogP contribution is 2.43. The molecule has 4 atom stereocenters. The van der Waals surface area contributed by atoms with Crippen LogP contribution in [0.4, 0.5) is 11.4 Å². The normalized spacial score (nSPS) is 23.2. The van der Waals surface area contributed by atoms with Crippen molar-refractivity contribution in [3.63, 3.8) is 0 Å². The molecule has 3 saturated heterocycles. The maximum Gasteiger partial charge on any atom is 0.247 e. The molecule has 0 aromatic heterocycles. The zero-order chi connectivity index (χ0) is 35.8. The fourth-order valence-corrected chi connectivity index (χ4v) is 7.52. The average Bonchev–Trinajstić information content (AvgIpc) is 3.46. The minimum atomic E-state index is -0.618. The number of carbonyl (C=O) groups is 3. The molecule has 11 nitrogen and oxygen atoms in total. The highest BCUT2D eigenvalue weighted by atomic mass is 16.7. The molecule has 11 heteroatoms. The van der Waals surface area contributed by atoms with Crippen LogP contribution < -0.4 is 20.9 Å². The number of unbranched alkanes of at least 4 members (excludes halogenated alkanes) is 2. The summed E-state index contributed by atoms with van der Waals surface area (Å²) >= 11 is 0. The van der Waals surface area contributed by atoms with Gasteiger partial charge in [0.15, 0.2) is 6.29 Å². The number of rotatable bonds is 13. The van der Waals surface area contributed by atoms with Crippen LogP contribution >= 0.6 is 0 Å². The number of nitrogens with one attached hydrogen (secondary N) is 3. The van der Waals surface area contributed by atoms with Crippen LogP contribution in [0.5, 0.6) is 0 Å². The van der Waals surface area contributed by atoms with Crippen molar-refractivity contribution in [1.29, 1.82) is 0 Å². The second kappa shape index (κ2) is 16.8. The van der Waals surface area contributed by atoms with E-state index in [9.17, 15) is 19.5 Å². The lowest BCUT2D eigenvalue weighted by molar-refractivity contribution is -0.276. The number of hydrogen-bond acceptors (Lipinski definition) is 8. The molecule has 3 heterocycles. The lowest BCUT2D eigenvalue weighted by Gasteiger charge is -2.46. The third-order valence-electron chi connectivity index (χ3n) is 10.6. The SMILES string of the molecule is CC(=O)NCCCCCC(=O)Nc1ccc(C2OC(CN3CCC4(CC3)C(=O)NCN4c3ccccc3)C(C)C(c3ccc(CO)cc3)O2)cc1. The van der Waals surface area contributed by atoms with Crippen molar-refractivity contribution in [3.8, 4) is 0 Å². The summed E-state index contributed by atoms with van der Waals surface area (Å²) in [5, 5.41) is 18.5. The number of benzene rings is 3. The number of aliphatic hydroxyl groups excluding tert-OH is 1. The number of nitrogens with zero attached hydrogens (tertiary/aromatic N) is 2. The van der Waals surface area contributed by atoms with Gasteiger partial charge in [0.1, 0.15) is 5.54 Å². The Labute approximate surface area is 300 Å². The van der Waals surface area contributed by atoms with Crippen molar-refractivity contribution in [1.82, 2.24) is 15.5 Å². The Bertz CT molecular complexity index is 1610. The van der Waals surface area contributed by atoms with Gasteiger partial charge < -0.3 is 40.3 Å².